The molecule has 2 atom stereocenters. The number of hydrogen-bond acceptors (Lipinski definition) is 4. The lowest BCUT2D eigenvalue weighted by Crippen LogP contribution is -2.54. The maximum Gasteiger partial charge on any atom is 0.240 e. The fraction of sp³-hybridized carbons (Fsp3) is 0.846. The summed E-state index contributed by atoms with van der Waals surface area (Å²) in [6, 6.07) is 0. The fourth-order valence-corrected chi connectivity index (χ4v) is 5.65. The molecule has 0 spiro atoms. The Hall–Kier alpha value is -1.26. The third-order valence-corrected chi connectivity index (χ3v) is 5.55. The molecule has 0 saturated heterocycles. The Morgan fingerprint density at radius 3 is 2.33 bits per heavy atom. The molecule has 5 heteroatoms. The van der Waals surface area contributed by atoms with E-state index in [9.17, 15) is 0 Å². The predicted molar refractivity (Wildman–Crippen MR) is 69.1 cm³/mol. The van der Waals surface area contributed by atoms with Crippen LogP contribution in [0.15, 0.2) is 0 Å². The van der Waals surface area contributed by atoms with Gasteiger partial charge in [0, 0.05) is 5.41 Å². The molecule has 1 heterocycles. The van der Waals surface area contributed by atoms with Gasteiger partial charge in [0.15, 0.2) is 5.82 Å². The van der Waals surface area contributed by atoms with Crippen molar-refractivity contribution in [2.75, 3.05) is 11.6 Å². The van der Waals surface area contributed by atoms with E-state index in [-0.39, 0.29) is 5.41 Å². The maximum atomic E-state index is 6.03. The number of hydrogen-bond donors (Lipinski definition) is 2. The van der Waals surface area contributed by atoms with Crippen molar-refractivity contribution in [3.8, 4) is 0 Å². The Morgan fingerprint density at radius 2 is 1.83 bits per heavy atom. The zero-order valence-electron chi connectivity index (χ0n) is 10.9. The van der Waals surface area contributed by atoms with Crippen LogP contribution in [0.3, 0.4) is 0 Å². The topological polar surface area (TPSA) is 82.8 Å². The monoisotopic (exact) mass is 247 g/mol. The van der Waals surface area contributed by atoms with E-state index in [1.807, 2.05) is 0 Å². The normalized spacial score (nSPS) is 45.6. The fourth-order valence-electron chi connectivity index (χ4n) is 5.65. The highest BCUT2D eigenvalue weighted by molar-refractivity contribution is 5.26. The average Bonchev–Trinajstić information content (AvgIpc) is 2.56. The van der Waals surface area contributed by atoms with Gasteiger partial charge in [-0.1, -0.05) is 6.92 Å². The largest absolute Gasteiger partial charge is 0.366 e. The lowest BCUT2D eigenvalue weighted by molar-refractivity contribution is -0.0656. The Bertz CT molecular complexity index is 491. The zero-order chi connectivity index (χ0) is 12.5. The second kappa shape index (κ2) is 3.00. The Kier molecular flexibility index (Phi) is 1.78. The van der Waals surface area contributed by atoms with Gasteiger partial charge in [0.1, 0.15) is 0 Å². The number of anilines is 1. The zero-order valence-corrected chi connectivity index (χ0v) is 10.9. The van der Waals surface area contributed by atoms with Crippen molar-refractivity contribution >= 4 is 5.95 Å². The quantitative estimate of drug-likeness (QED) is 0.735. The second-order valence-corrected chi connectivity index (χ2v) is 7.30. The van der Waals surface area contributed by atoms with Crippen molar-refractivity contribution in [1.29, 1.82) is 0 Å². The number of nitrogens with two attached hydrogens (primary N) is 2. The minimum atomic E-state index is 0.151. The molecule has 0 radical (unpaired) electrons. The lowest BCUT2D eigenvalue weighted by atomic mass is 9.44. The van der Waals surface area contributed by atoms with E-state index in [0.29, 0.717) is 11.4 Å². The summed E-state index contributed by atoms with van der Waals surface area (Å²) < 4.78 is 1.52. The number of nitrogen functional groups attached to an aromatic ring is 2. The van der Waals surface area contributed by atoms with E-state index >= 15 is 0 Å². The third kappa shape index (κ3) is 1.22. The summed E-state index contributed by atoms with van der Waals surface area (Å²) in [6.45, 7) is 2.44. The van der Waals surface area contributed by atoms with Crippen LogP contribution in [0.1, 0.15) is 51.3 Å². The highest BCUT2D eigenvalue weighted by Gasteiger charge is 2.58. The van der Waals surface area contributed by atoms with Crippen molar-refractivity contribution in [1.82, 2.24) is 14.9 Å². The standard InChI is InChI=1S/C13H21N5/c1-12-3-8-2-9(4-12)6-13(5-8,7-12)10-16-17-11(14)18(10)15/h8-9H,2-7,15H2,1H3,(H2,14,17). The van der Waals surface area contributed by atoms with Crippen molar-refractivity contribution in [2.24, 2.45) is 17.3 Å². The van der Waals surface area contributed by atoms with Gasteiger partial charge in [0.25, 0.3) is 0 Å². The minimum absolute atomic E-state index is 0.151. The lowest BCUT2D eigenvalue weighted by Gasteiger charge is -2.60. The maximum absolute atomic E-state index is 6.03. The molecule has 4 fully saturated rings. The van der Waals surface area contributed by atoms with Crippen LogP contribution in [0.2, 0.25) is 0 Å². The Balaban J connectivity index is 1.82. The van der Waals surface area contributed by atoms with Gasteiger partial charge in [-0.2, -0.15) is 0 Å². The molecule has 4 aliphatic rings. The van der Waals surface area contributed by atoms with Crippen LogP contribution in [0.5, 0.6) is 0 Å². The molecule has 0 aliphatic heterocycles. The molecule has 4 saturated carbocycles. The first-order valence-electron chi connectivity index (χ1n) is 6.96. The summed E-state index contributed by atoms with van der Waals surface area (Å²) in [5, 5.41) is 8.26. The van der Waals surface area contributed by atoms with Crippen LogP contribution < -0.4 is 11.6 Å². The molecule has 4 bridgehead atoms. The van der Waals surface area contributed by atoms with Gasteiger partial charge in [-0.25, -0.2) is 4.68 Å². The van der Waals surface area contributed by atoms with Crippen LogP contribution in [0, 0.1) is 17.3 Å². The summed E-state index contributed by atoms with van der Waals surface area (Å²) in [4.78, 5) is 0. The molecular weight excluding hydrogens is 226 g/mol. The van der Waals surface area contributed by atoms with Crippen LogP contribution in [-0.2, 0) is 5.41 Å². The molecule has 1 aromatic rings. The highest BCUT2D eigenvalue weighted by Crippen LogP contribution is 2.65. The molecular formula is C13H21N5. The average molecular weight is 247 g/mol. The summed E-state index contributed by atoms with van der Waals surface area (Å²) >= 11 is 0. The van der Waals surface area contributed by atoms with E-state index < -0.39 is 0 Å². The molecule has 5 rings (SSSR count). The van der Waals surface area contributed by atoms with E-state index in [0.717, 1.165) is 17.7 Å². The van der Waals surface area contributed by atoms with Crippen LogP contribution in [-0.4, -0.2) is 14.9 Å². The predicted octanol–water partition coefficient (Wildman–Crippen LogP) is 1.43. The Labute approximate surface area is 107 Å². The Morgan fingerprint density at radius 1 is 1.17 bits per heavy atom. The molecule has 98 valence electrons. The third-order valence-electron chi connectivity index (χ3n) is 5.55. The van der Waals surface area contributed by atoms with Crippen molar-refractivity contribution in [3.05, 3.63) is 5.82 Å². The van der Waals surface area contributed by atoms with Crippen LogP contribution in [0.4, 0.5) is 5.95 Å². The number of nitrogens with zero attached hydrogens (tertiary/aromatic N) is 3. The molecule has 5 nitrogen and oxygen atoms in total. The molecule has 1 aromatic heterocycles. The molecule has 18 heavy (non-hydrogen) atoms. The first-order chi connectivity index (χ1) is 8.50. The second-order valence-electron chi connectivity index (χ2n) is 7.30. The number of rotatable bonds is 1. The van der Waals surface area contributed by atoms with Gasteiger partial charge in [0.05, 0.1) is 0 Å². The highest BCUT2D eigenvalue weighted by atomic mass is 15.4. The first-order valence-corrected chi connectivity index (χ1v) is 6.96. The van der Waals surface area contributed by atoms with Gasteiger partial charge in [-0.05, 0) is 55.8 Å². The van der Waals surface area contributed by atoms with Crippen LogP contribution >= 0.6 is 0 Å². The van der Waals surface area contributed by atoms with Gasteiger partial charge in [-0.15, -0.1) is 10.2 Å². The van der Waals surface area contributed by atoms with Gasteiger partial charge < -0.3 is 11.6 Å². The molecule has 4 aliphatic carbocycles. The van der Waals surface area contributed by atoms with E-state index in [2.05, 4.69) is 17.1 Å². The smallest absolute Gasteiger partial charge is 0.240 e. The molecule has 0 amide bonds. The first kappa shape index (κ1) is 10.6. The SMILES string of the molecule is CC12CC3CC(C1)CC(c1nnc(N)n1N)(C3)C2. The molecule has 0 aromatic carbocycles. The van der Waals surface area contributed by atoms with Gasteiger partial charge >= 0.3 is 0 Å². The van der Waals surface area contributed by atoms with Crippen molar-refractivity contribution in [2.45, 2.75) is 50.9 Å². The van der Waals surface area contributed by atoms with Gasteiger partial charge in [0.2, 0.25) is 5.95 Å². The number of aromatic nitrogens is 3. The van der Waals surface area contributed by atoms with Crippen LogP contribution in [0.25, 0.3) is 0 Å². The summed E-state index contributed by atoms with van der Waals surface area (Å²) in [6.07, 6.45) is 7.86. The summed E-state index contributed by atoms with van der Waals surface area (Å²) in [5.74, 6) is 9.01. The van der Waals surface area contributed by atoms with E-state index in [4.69, 9.17) is 11.6 Å². The van der Waals surface area contributed by atoms with Gasteiger partial charge in [-0.3, -0.25) is 0 Å². The van der Waals surface area contributed by atoms with E-state index in [1.54, 1.807) is 0 Å². The van der Waals surface area contributed by atoms with E-state index in [1.165, 1.54) is 43.2 Å². The molecule has 2 unspecified atom stereocenters. The minimum Gasteiger partial charge on any atom is -0.366 e. The summed E-state index contributed by atoms with van der Waals surface area (Å²) in [5.41, 5.74) is 6.40. The molecule has 4 N–H and O–H groups in total. The van der Waals surface area contributed by atoms with Crippen molar-refractivity contribution < 1.29 is 0 Å². The summed E-state index contributed by atoms with van der Waals surface area (Å²) in [7, 11) is 0. The van der Waals surface area contributed by atoms with Crippen molar-refractivity contribution in [3.63, 3.8) is 0 Å².